The number of hydrogen-bond donors (Lipinski definition) is 1. The lowest BCUT2D eigenvalue weighted by atomic mass is 10.0. The maximum Gasteiger partial charge on any atom is 0.251 e. The van der Waals surface area contributed by atoms with Gasteiger partial charge in [-0.25, -0.2) is 9.97 Å². The highest BCUT2D eigenvalue weighted by Gasteiger charge is 2.30. The van der Waals surface area contributed by atoms with Crippen LogP contribution in [0.5, 0.6) is 0 Å². The second-order valence-electron chi connectivity index (χ2n) is 6.90. The van der Waals surface area contributed by atoms with Gasteiger partial charge in [-0.1, -0.05) is 30.0 Å². The number of methoxy groups -OCH3 is 1. The molecule has 0 aliphatic carbocycles. The maximum absolute atomic E-state index is 12.4. The summed E-state index contributed by atoms with van der Waals surface area (Å²) in [7, 11) is 1.73. The van der Waals surface area contributed by atoms with Gasteiger partial charge in [0.1, 0.15) is 0 Å². The molecule has 0 radical (unpaired) electrons. The molecule has 1 saturated heterocycles. The maximum atomic E-state index is 12.4. The molecule has 3 N–H and O–H groups in total. The van der Waals surface area contributed by atoms with Crippen LogP contribution in [0.1, 0.15) is 29.6 Å². The fourth-order valence-electron chi connectivity index (χ4n) is 3.39. The average molecular weight is 419 g/mol. The molecule has 1 aliphatic heterocycles. The summed E-state index contributed by atoms with van der Waals surface area (Å²) in [6.45, 7) is 2.88. The summed E-state index contributed by atoms with van der Waals surface area (Å²) in [5.74, 6) is 1.00. The van der Waals surface area contributed by atoms with E-state index in [1.807, 2.05) is 36.4 Å². The molecule has 2 unspecified atom stereocenters. The summed E-state index contributed by atoms with van der Waals surface area (Å²) < 4.78 is 5.68. The summed E-state index contributed by atoms with van der Waals surface area (Å²) in [5.41, 5.74) is 0.694. The van der Waals surface area contributed by atoms with E-state index in [9.17, 15) is 4.79 Å². The third-order valence-corrected chi connectivity index (χ3v) is 5.90. The molecule has 2 atom stereocenters. The van der Waals surface area contributed by atoms with Crippen LogP contribution in [0.3, 0.4) is 0 Å². The molecule has 2 aromatic rings. The molecular weight excluding hydrogens is 388 g/mol. The molecule has 3 rings (SSSR count). The molecule has 1 aromatic carbocycles. The fraction of sp³-hybridized carbons (Fsp3) is 0.476. The molecule has 0 bridgehead atoms. The first-order chi connectivity index (χ1) is 13.8. The first-order valence-electron chi connectivity index (χ1n) is 9.77. The van der Waals surface area contributed by atoms with E-state index in [4.69, 9.17) is 4.74 Å². The average Bonchev–Trinajstić information content (AvgIpc) is 2.75. The number of amides is 1. The van der Waals surface area contributed by atoms with E-state index in [2.05, 4.69) is 20.2 Å². The fourth-order valence-corrected chi connectivity index (χ4v) is 4.19. The number of aromatic nitrogens is 2. The standard InChI is InChI=1S/C21H28N4O2S.H2O/c1-27-19-16-25(13-5-6-15-28-21-22-11-7-12-23-21)14-10-18(19)24-20(26)17-8-3-2-4-9-17;/h2-4,7-9,11-12,18-19H,5-6,10,13-16H2,1H3,(H,24,26);1H2. The quantitative estimate of drug-likeness (QED) is 0.380. The first-order valence-corrected chi connectivity index (χ1v) is 10.8. The van der Waals surface area contributed by atoms with E-state index < -0.39 is 0 Å². The number of piperidine rings is 1. The van der Waals surface area contributed by atoms with Crippen molar-refractivity contribution in [2.75, 3.05) is 32.5 Å². The summed E-state index contributed by atoms with van der Waals surface area (Å²) >= 11 is 1.70. The molecule has 29 heavy (non-hydrogen) atoms. The Labute approximate surface area is 176 Å². The van der Waals surface area contributed by atoms with Crippen molar-refractivity contribution in [1.82, 2.24) is 20.2 Å². The molecule has 1 amide bonds. The van der Waals surface area contributed by atoms with Gasteiger partial charge in [0.25, 0.3) is 5.91 Å². The van der Waals surface area contributed by atoms with Crippen LogP contribution >= 0.6 is 11.8 Å². The molecule has 7 nitrogen and oxygen atoms in total. The Bertz CT molecular complexity index is 720. The number of nitrogens with one attached hydrogen (secondary N) is 1. The molecule has 0 saturated carbocycles. The SMILES string of the molecule is COC1CN(CCCCSc2ncccn2)CCC1NC(=O)c1ccccc1.O. The second kappa shape index (κ2) is 12.5. The molecule has 158 valence electrons. The predicted octanol–water partition coefficient (Wildman–Crippen LogP) is 2.04. The Kier molecular flexibility index (Phi) is 10.1. The van der Waals surface area contributed by atoms with Crippen molar-refractivity contribution in [2.24, 2.45) is 0 Å². The Morgan fingerprint density at radius 3 is 2.69 bits per heavy atom. The number of benzene rings is 1. The lowest BCUT2D eigenvalue weighted by molar-refractivity contribution is 0.00614. The van der Waals surface area contributed by atoms with E-state index in [1.165, 1.54) is 0 Å². The minimum absolute atomic E-state index is 0. The third kappa shape index (κ3) is 7.40. The molecule has 0 spiro atoms. The zero-order valence-corrected chi connectivity index (χ0v) is 17.6. The van der Waals surface area contributed by atoms with Gasteiger partial charge < -0.3 is 20.4 Å². The minimum Gasteiger partial charge on any atom is -0.412 e. The Morgan fingerprint density at radius 1 is 1.21 bits per heavy atom. The number of rotatable bonds is 9. The van der Waals surface area contributed by atoms with E-state index in [0.29, 0.717) is 5.56 Å². The lowest BCUT2D eigenvalue weighted by Crippen LogP contribution is -2.54. The van der Waals surface area contributed by atoms with Crippen LogP contribution in [0, 0.1) is 0 Å². The zero-order chi connectivity index (χ0) is 19.6. The summed E-state index contributed by atoms with van der Waals surface area (Å²) in [6.07, 6.45) is 6.75. The predicted molar refractivity (Wildman–Crippen MR) is 115 cm³/mol. The van der Waals surface area contributed by atoms with Gasteiger partial charge in [-0.3, -0.25) is 4.79 Å². The molecule has 8 heteroatoms. The van der Waals surface area contributed by atoms with Gasteiger partial charge in [-0.15, -0.1) is 0 Å². The number of unbranched alkanes of at least 4 members (excludes halogenated alkanes) is 1. The molecule has 1 aromatic heterocycles. The van der Waals surface area contributed by atoms with Crippen molar-refractivity contribution in [3.8, 4) is 0 Å². The number of ether oxygens (including phenoxy) is 1. The largest absolute Gasteiger partial charge is 0.412 e. The third-order valence-electron chi connectivity index (χ3n) is 4.94. The first kappa shape index (κ1) is 23.3. The van der Waals surface area contributed by atoms with Gasteiger partial charge in [0.15, 0.2) is 5.16 Å². The van der Waals surface area contributed by atoms with E-state index in [0.717, 1.165) is 49.8 Å². The van der Waals surface area contributed by atoms with E-state index in [-0.39, 0.29) is 23.5 Å². The number of likely N-dealkylation sites (tertiary alicyclic amines) is 1. The van der Waals surface area contributed by atoms with Gasteiger partial charge in [0.2, 0.25) is 0 Å². The topological polar surface area (TPSA) is 98.8 Å². The highest BCUT2D eigenvalue weighted by atomic mass is 32.2. The summed E-state index contributed by atoms with van der Waals surface area (Å²) in [5, 5.41) is 3.99. The van der Waals surface area contributed by atoms with Crippen molar-refractivity contribution in [3.63, 3.8) is 0 Å². The molecule has 1 aliphatic rings. The van der Waals surface area contributed by atoms with Crippen molar-refractivity contribution < 1.29 is 15.0 Å². The number of thioether (sulfide) groups is 1. The number of hydrogen-bond acceptors (Lipinski definition) is 6. The monoisotopic (exact) mass is 418 g/mol. The van der Waals surface area contributed by atoms with Crippen LogP contribution in [0.15, 0.2) is 53.9 Å². The Balaban J connectivity index is 0.00000300. The smallest absolute Gasteiger partial charge is 0.251 e. The highest BCUT2D eigenvalue weighted by Crippen LogP contribution is 2.17. The second-order valence-corrected chi connectivity index (χ2v) is 7.96. The van der Waals surface area contributed by atoms with Gasteiger partial charge in [0.05, 0.1) is 12.1 Å². The van der Waals surface area contributed by atoms with Crippen LogP contribution in [0.4, 0.5) is 0 Å². The normalized spacial score (nSPS) is 19.3. The van der Waals surface area contributed by atoms with Gasteiger partial charge in [-0.2, -0.15) is 0 Å². The lowest BCUT2D eigenvalue weighted by Gasteiger charge is -2.38. The molecule has 1 fully saturated rings. The number of carbonyl (C=O) groups is 1. The number of carbonyl (C=O) groups excluding carboxylic acids is 1. The number of nitrogens with zero attached hydrogens (tertiary/aromatic N) is 3. The van der Waals surface area contributed by atoms with Crippen LogP contribution in [0.25, 0.3) is 0 Å². The highest BCUT2D eigenvalue weighted by molar-refractivity contribution is 7.99. The Hall–Kier alpha value is -2.00. The summed E-state index contributed by atoms with van der Waals surface area (Å²) in [6, 6.07) is 11.2. The van der Waals surface area contributed by atoms with Crippen LogP contribution < -0.4 is 5.32 Å². The van der Waals surface area contributed by atoms with Crippen molar-refractivity contribution in [2.45, 2.75) is 36.6 Å². The minimum atomic E-state index is -0.0266. The van der Waals surface area contributed by atoms with E-state index in [1.54, 1.807) is 31.3 Å². The molecule has 2 heterocycles. The van der Waals surface area contributed by atoms with Gasteiger partial charge >= 0.3 is 0 Å². The van der Waals surface area contributed by atoms with Crippen molar-refractivity contribution in [3.05, 3.63) is 54.4 Å². The van der Waals surface area contributed by atoms with Crippen LogP contribution in [0.2, 0.25) is 0 Å². The van der Waals surface area contributed by atoms with Crippen LogP contribution in [-0.2, 0) is 4.74 Å². The van der Waals surface area contributed by atoms with Gasteiger partial charge in [-0.05, 0) is 44.0 Å². The summed E-state index contributed by atoms with van der Waals surface area (Å²) in [4.78, 5) is 23.3. The van der Waals surface area contributed by atoms with Crippen molar-refractivity contribution >= 4 is 17.7 Å². The van der Waals surface area contributed by atoms with Crippen molar-refractivity contribution in [1.29, 1.82) is 0 Å². The Morgan fingerprint density at radius 2 is 1.97 bits per heavy atom. The van der Waals surface area contributed by atoms with E-state index >= 15 is 0 Å². The van der Waals surface area contributed by atoms with Crippen LogP contribution in [-0.4, -0.2) is 70.9 Å². The zero-order valence-electron chi connectivity index (χ0n) is 16.8. The molecular formula is C21H30N4O3S. The van der Waals surface area contributed by atoms with Gasteiger partial charge in [0, 0.05) is 43.9 Å².